The van der Waals surface area contributed by atoms with Gasteiger partial charge in [0.25, 0.3) is 0 Å². The lowest BCUT2D eigenvalue weighted by molar-refractivity contribution is -0.132. The number of aliphatic carboxylic acids is 1. The lowest BCUT2D eigenvalue weighted by Crippen LogP contribution is -2.45. The molecule has 31 heavy (non-hydrogen) atoms. The van der Waals surface area contributed by atoms with E-state index in [4.69, 9.17) is 18.0 Å². The van der Waals surface area contributed by atoms with E-state index in [0.29, 0.717) is 31.8 Å². The quantitative estimate of drug-likeness (QED) is 0.169. The minimum atomic E-state index is -2.52. The Morgan fingerprint density at radius 1 is 0.871 bits per heavy atom. The summed E-state index contributed by atoms with van der Waals surface area (Å²) in [6.07, 6.45) is 8.60. The van der Waals surface area contributed by atoms with Gasteiger partial charge in [-0.05, 0) is 63.8 Å². The highest BCUT2D eigenvalue weighted by atomic mass is 28.4. The topological polar surface area (TPSA) is 74.2 Å². The van der Waals surface area contributed by atoms with E-state index >= 15 is 0 Å². The molecule has 1 aromatic rings. The first-order chi connectivity index (χ1) is 15.0. The van der Waals surface area contributed by atoms with Crippen molar-refractivity contribution in [3.8, 4) is 5.75 Å². The first-order valence-corrected chi connectivity index (χ1v) is 13.4. The zero-order chi connectivity index (χ0) is 23.0. The third-order valence-electron chi connectivity index (χ3n) is 5.00. The monoisotopic (exact) mass is 452 g/mol. The van der Waals surface area contributed by atoms with E-state index in [-0.39, 0.29) is 0 Å². The number of hydrogen-bond donors (Lipinski definition) is 1. The van der Waals surface area contributed by atoms with Crippen molar-refractivity contribution < 1.29 is 27.9 Å². The van der Waals surface area contributed by atoms with Crippen LogP contribution in [0.3, 0.4) is 0 Å². The summed E-state index contributed by atoms with van der Waals surface area (Å²) < 4.78 is 22.8. The predicted octanol–water partition coefficient (Wildman–Crippen LogP) is 5.94. The number of carbonyl (C=O) groups is 1. The predicted molar refractivity (Wildman–Crippen MR) is 126 cm³/mol. The molecule has 0 fully saturated rings. The van der Waals surface area contributed by atoms with Gasteiger partial charge in [-0.3, -0.25) is 0 Å². The molecule has 1 N–H and O–H groups in total. The molecule has 6 nitrogen and oxygen atoms in total. The third kappa shape index (κ3) is 11.0. The molecule has 0 spiro atoms. The van der Waals surface area contributed by atoms with E-state index in [1.54, 1.807) is 13.2 Å². The molecule has 0 unspecified atom stereocenters. The molecular formula is C24H40O6Si. The molecule has 7 heteroatoms. The molecule has 1 rings (SSSR count). The number of methoxy groups -OCH3 is 1. The molecule has 0 aliphatic carbocycles. The fourth-order valence-electron chi connectivity index (χ4n) is 3.51. The van der Waals surface area contributed by atoms with Crippen LogP contribution in [0, 0.1) is 0 Å². The van der Waals surface area contributed by atoms with Crippen molar-refractivity contribution in [1.29, 1.82) is 0 Å². The van der Waals surface area contributed by atoms with Crippen LogP contribution in [0.4, 0.5) is 0 Å². The van der Waals surface area contributed by atoms with Gasteiger partial charge in [0.1, 0.15) is 5.75 Å². The van der Waals surface area contributed by atoms with Crippen LogP contribution in [0.1, 0.15) is 71.3 Å². The summed E-state index contributed by atoms with van der Waals surface area (Å²) in [5.41, 5.74) is 1.33. The van der Waals surface area contributed by atoms with E-state index in [2.05, 4.69) is 0 Å². The highest BCUT2D eigenvalue weighted by Gasteiger charge is 2.39. The molecule has 0 aliphatic rings. The first kappa shape index (κ1) is 27.4. The molecule has 0 bridgehead atoms. The Morgan fingerprint density at radius 2 is 1.39 bits per heavy atom. The summed E-state index contributed by atoms with van der Waals surface area (Å²) >= 11 is 0. The van der Waals surface area contributed by atoms with Crippen molar-refractivity contribution in [2.45, 2.75) is 71.8 Å². The second-order valence-electron chi connectivity index (χ2n) is 7.35. The Kier molecular flexibility index (Phi) is 14.1. The number of carboxylic acids is 1. The van der Waals surface area contributed by atoms with Crippen molar-refractivity contribution in [2.24, 2.45) is 0 Å². The molecule has 0 saturated heterocycles. The summed E-state index contributed by atoms with van der Waals surface area (Å²) in [4.78, 5) is 11.6. The zero-order valence-corrected chi connectivity index (χ0v) is 20.7. The van der Waals surface area contributed by atoms with Crippen molar-refractivity contribution in [3.63, 3.8) is 0 Å². The van der Waals surface area contributed by atoms with Gasteiger partial charge in [0.15, 0.2) is 0 Å². The van der Waals surface area contributed by atoms with E-state index in [9.17, 15) is 9.90 Å². The standard InChI is InChI=1S/C24H40O6Si/c1-5-28-31(29-6-2,30-7-3)19-13-11-9-8-10-12-14-22(24(25)26)20-21-15-17-23(27-4)18-16-21/h15-18,20H,5-14,19H2,1-4H3,(H,25,26)/b22-20+. The lowest BCUT2D eigenvalue weighted by Gasteiger charge is -2.28. The Hall–Kier alpha value is -1.67. The Morgan fingerprint density at radius 3 is 1.87 bits per heavy atom. The van der Waals surface area contributed by atoms with E-state index in [1.165, 1.54) is 0 Å². The van der Waals surface area contributed by atoms with Gasteiger partial charge in [0, 0.05) is 31.4 Å². The molecule has 0 aliphatic heterocycles. The minimum Gasteiger partial charge on any atom is -0.497 e. The van der Waals surface area contributed by atoms with Gasteiger partial charge in [-0.25, -0.2) is 4.79 Å². The van der Waals surface area contributed by atoms with Crippen LogP contribution in [0.2, 0.25) is 6.04 Å². The fourth-order valence-corrected chi connectivity index (χ4v) is 6.19. The van der Waals surface area contributed by atoms with E-state index in [0.717, 1.165) is 55.9 Å². The number of carboxylic acid groups (broad SMARTS) is 1. The highest BCUT2D eigenvalue weighted by molar-refractivity contribution is 6.60. The normalized spacial score (nSPS) is 12.2. The summed E-state index contributed by atoms with van der Waals surface area (Å²) in [6.45, 7) is 7.78. The average molecular weight is 453 g/mol. The maximum absolute atomic E-state index is 11.6. The molecule has 0 aromatic heterocycles. The number of hydrogen-bond acceptors (Lipinski definition) is 5. The van der Waals surface area contributed by atoms with Crippen LogP contribution in [0.15, 0.2) is 29.8 Å². The SMILES string of the molecule is CCO[Si](CCCCCCCC/C(=C\c1ccc(OC)cc1)C(=O)O)(OCC)OCC. The van der Waals surface area contributed by atoms with Crippen LogP contribution in [-0.4, -0.2) is 46.8 Å². The summed E-state index contributed by atoms with van der Waals surface area (Å²) in [5, 5.41) is 9.49. The second-order valence-corrected chi connectivity index (χ2v) is 10.1. The fraction of sp³-hybridized carbons (Fsp3) is 0.625. The van der Waals surface area contributed by atoms with Crippen molar-refractivity contribution in [3.05, 3.63) is 35.4 Å². The van der Waals surface area contributed by atoms with Gasteiger partial charge in [-0.2, -0.15) is 0 Å². The van der Waals surface area contributed by atoms with E-state index < -0.39 is 14.8 Å². The summed E-state index contributed by atoms with van der Waals surface area (Å²) in [6, 6.07) is 8.28. The molecule has 0 atom stereocenters. The molecule has 176 valence electrons. The van der Waals surface area contributed by atoms with Crippen LogP contribution in [0.25, 0.3) is 6.08 Å². The largest absolute Gasteiger partial charge is 0.500 e. The van der Waals surface area contributed by atoms with E-state index in [1.807, 2.05) is 45.0 Å². The number of unbranched alkanes of at least 4 members (excludes halogenated alkanes) is 5. The zero-order valence-electron chi connectivity index (χ0n) is 19.7. The third-order valence-corrected chi connectivity index (χ3v) is 8.15. The van der Waals surface area contributed by atoms with Gasteiger partial charge >= 0.3 is 14.8 Å². The maximum Gasteiger partial charge on any atom is 0.500 e. The molecule has 0 heterocycles. The first-order valence-electron chi connectivity index (χ1n) is 11.5. The molecular weight excluding hydrogens is 412 g/mol. The molecule has 0 saturated carbocycles. The molecule has 0 amide bonds. The van der Waals surface area contributed by atoms with Crippen molar-refractivity contribution in [2.75, 3.05) is 26.9 Å². The number of rotatable bonds is 18. The van der Waals surface area contributed by atoms with Crippen LogP contribution >= 0.6 is 0 Å². The average Bonchev–Trinajstić information content (AvgIpc) is 2.75. The van der Waals surface area contributed by atoms with Gasteiger partial charge in [0.2, 0.25) is 0 Å². The van der Waals surface area contributed by atoms with Crippen molar-refractivity contribution >= 4 is 20.8 Å². The lowest BCUT2D eigenvalue weighted by atomic mass is 10.0. The Balaban J connectivity index is 2.34. The van der Waals surface area contributed by atoms with Gasteiger partial charge in [0.05, 0.1) is 7.11 Å². The van der Waals surface area contributed by atoms with Crippen LogP contribution < -0.4 is 4.74 Å². The van der Waals surface area contributed by atoms with Crippen LogP contribution in [-0.2, 0) is 18.1 Å². The van der Waals surface area contributed by atoms with Crippen molar-refractivity contribution in [1.82, 2.24) is 0 Å². The highest BCUT2D eigenvalue weighted by Crippen LogP contribution is 2.21. The summed E-state index contributed by atoms with van der Waals surface area (Å²) in [5.74, 6) is -0.0856. The Bertz CT molecular complexity index is 627. The van der Waals surface area contributed by atoms with Gasteiger partial charge < -0.3 is 23.1 Å². The molecule has 0 radical (unpaired) electrons. The molecule has 1 aromatic carbocycles. The van der Waals surface area contributed by atoms with Gasteiger partial charge in [-0.1, -0.05) is 37.8 Å². The number of ether oxygens (including phenoxy) is 1. The van der Waals surface area contributed by atoms with Crippen LogP contribution in [0.5, 0.6) is 5.75 Å². The smallest absolute Gasteiger partial charge is 0.497 e. The second kappa shape index (κ2) is 16.0. The minimum absolute atomic E-state index is 0.450. The maximum atomic E-state index is 11.6. The van der Waals surface area contributed by atoms with Gasteiger partial charge in [-0.15, -0.1) is 0 Å². The summed E-state index contributed by atoms with van der Waals surface area (Å²) in [7, 11) is -0.908. The Labute approximate surface area is 188 Å². The number of benzene rings is 1.